The number of rotatable bonds is 13. The van der Waals surface area contributed by atoms with Crippen molar-refractivity contribution in [1.29, 1.82) is 0 Å². The zero-order chi connectivity index (χ0) is 40.2. The molecule has 1 saturated heterocycles. The van der Waals surface area contributed by atoms with Crippen molar-refractivity contribution >= 4 is 29.5 Å². The SMILES string of the molecule is CN[C@@H](C)C(=O)N[C@H](C(=O)N1C[C@@H]2C[C@H]1C(=O)N[C@@H](Cc1ccccc1)C(=O)N[C@H](C(=O)NCCOCCO)Cc1ccc(cc1)OCc1cn2nn1)C(C)C. The van der Waals surface area contributed by atoms with E-state index >= 15 is 0 Å². The fourth-order valence-electron chi connectivity index (χ4n) is 6.62. The van der Waals surface area contributed by atoms with E-state index in [2.05, 4.69) is 36.9 Å². The van der Waals surface area contributed by atoms with Crippen molar-refractivity contribution in [3.8, 4) is 5.75 Å². The third-order valence-electron chi connectivity index (χ3n) is 9.93. The van der Waals surface area contributed by atoms with Gasteiger partial charge in [-0.1, -0.05) is 61.5 Å². The predicted octanol–water partition coefficient (Wildman–Crippen LogP) is -0.359. The third-order valence-corrected chi connectivity index (χ3v) is 9.93. The van der Waals surface area contributed by atoms with Gasteiger partial charge in [-0.25, -0.2) is 4.68 Å². The van der Waals surface area contributed by atoms with Gasteiger partial charge in [0.25, 0.3) is 0 Å². The second-order valence-corrected chi connectivity index (χ2v) is 14.4. The molecule has 17 nitrogen and oxygen atoms in total. The van der Waals surface area contributed by atoms with Gasteiger partial charge >= 0.3 is 0 Å². The van der Waals surface area contributed by atoms with Crippen LogP contribution in [0.5, 0.6) is 5.75 Å². The molecule has 0 aliphatic carbocycles. The maximum absolute atomic E-state index is 14.5. The average Bonchev–Trinajstić information content (AvgIpc) is 3.86. The number of nitrogens with one attached hydrogen (secondary N) is 5. The van der Waals surface area contributed by atoms with Crippen molar-refractivity contribution in [3.63, 3.8) is 0 Å². The summed E-state index contributed by atoms with van der Waals surface area (Å²) < 4.78 is 12.9. The van der Waals surface area contributed by atoms with E-state index in [1.807, 2.05) is 44.2 Å². The second kappa shape index (κ2) is 20.0. The molecule has 3 aliphatic heterocycles. The minimum atomic E-state index is -1.14. The molecule has 0 radical (unpaired) electrons. The Hall–Kier alpha value is -5.39. The molecule has 3 aromatic rings. The topological polar surface area (TPSA) is 218 Å². The fraction of sp³-hybridized carbons (Fsp3) is 0.513. The van der Waals surface area contributed by atoms with Crippen LogP contribution in [0.1, 0.15) is 50.1 Å². The molecule has 17 heteroatoms. The van der Waals surface area contributed by atoms with E-state index in [4.69, 9.17) is 14.6 Å². The van der Waals surface area contributed by atoms with Crippen molar-refractivity contribution in [2.75, 3.05) is 40.0 Å². The van der Waals surface area contributed by atoms with Gasteiger partial charge in [-0.15, -0.1) is 5.10 Å². The summed E-state index contributed by atoms with van der Waals surface area (Å²) in [5, 5.41) is 31.9. The first kappa shape index (κ1) is 41.8. The molecule has 6 N–H and O–H groups in total. The molecule has 6 rings (SSSR count). The molecule has 0 spiro atoms. The lowest BCUT2D eigenvalue weighted by atomic mass is 10.0. The standard InChI is InChI=1S/C39H53N9O8/c1-24(2)34(44-35(50)25(3)40-4)39(54)47-22-29-20-33(47)38(53)43-32(18-26-8-6-5-7-9-26)37(52)42-31(36(51)41-14-16-55-17-15-49)19-27-10-12-30(13-11-27)56-23-28-21-48(29)46-45-28/h5-13,21,24-25,29,31-34,40,49H,14-20,22-23H2,1-4H3,(H,41,51)(H,42,52)(H,43,53)(H,44,50)/t25-,29-,31-,32-,33-,34-/m0/s1. The van der Waals surface area contributed by atoms with Crippen molar-refractivity contribution < 1.29 is 38.6 Å². The van der Waals surface area contributed by atoms with Gasteiger partial charge in [0.2, 0.25) is 29.5 Å². The number of likely N-dealkylation sites (N-methyl/N-ethyl adjacent to an activating group) is 1. The van der Waals surface area contributed by atoms with Gasteiger partial charge in [0.05, 0.1) is 38.1 Å². The smallest absolute Gasteiger partial charge is 0.246 e. The van der Waals surface area contributed by atoms with Gasteiger partial charge in [-0.05, 0) is 43.1 Å². The molecule has 4 heterocycles. The van der Waals surface area contributed by atoms with Gasteiger partial charge in [-0.2, -0.15) is 0 Å². The van der Waals surface area contributed by atoms with Crippen molar-refractivity contribution in [2.45, 2.75) is 82.9 Å². The van der Waals surface area contributed by atoms with Crippen LogP contribution in [-0.4, -0.2) is 125 Å². The number of carbonyl (C=O) groups is 5. The zero-order valence-electron chi connectivity index (χ0n) is 32.3. The largest absolute Gasteiger partial charge is 0.487 e. The van der Waals surface area contributed by atoms with E-state index in [1.165, 1.54) is 4.90 Å². The summed E-state index contributed by atoms with van der Waals surface area (Å²) >= 11 is 0. The highest BCUT2D eigenvalue weighted by atomic mass is 16.5. The number of carbonyl (C=O) groups excluding carboxylic acids is 5. The van der Waals surface area contributed by atoms with Crippen LogP contribution in [0.25, 0.3) is 0 Å². The van der Waals surface area contributed by atoms with Gasteiger partial charge in [-0.3, -0.25) is 24.0 Å². The quantitative estimate of drug-likeness (QED) is 0.123. The van der Waals surface area contributed by atoms with Crippen molar-refractivity contribution in [2.24, 2.45) is 5.92 Å². The number of amides is 5. The molecule has 1 fully saturated rings. The molecular formula is C39H53N9O8. The Morgan fingerprint density at radius 1 is 1.02 bits per heavy atom. The van der Waals surface area contributed by atoms with Gasteiger partial charge < -0.3 is 46.1 Å². The summed E-state index contributed by atoms with van der Waals surface area (Å²) in [6.45, 7) is 5.77. The summed E-state index contributed by atoms with van der Waals surface area (Å²) in [6.07, 6.45) is 2.08. The van der Waals surface area contributed by atoms with Crippen molar-refractivity contribution in [3.05, 3.63) is 77.6 Å². The predicted molar refractivity (Wildman–Crippen MR) is 204 cm³/mol. The number of benzene rings is 2. The van der Waals surface area contributed by atoms with E-state index in [9.17, 15) is 24.0 Å². The van der Waals surface area contributed by atoms with E-state index in [-0.39, 0.29) is 70.6 Å². The molecule has 2 aromatic carbocycles. The van der Waals surface area contributed by atoms with Crippen LogP contribution < -0.4 is 31.3 Å². The Balaban J connectivity index is 1.49. The lowest BCUT2D eigenvalue weighted by Crippen LogP contribution is -2.59. The van der Waals surface area contributed by atoms with Gasteiger partial charge in [0.15, 0.2) is 0 Å². The Morgan fingerprint density at radius 3 is 2.46 bits per heavy atom. The number of likely N-dealkylation sites (tertiary alicyclic amines) is 1. The monoisotopic (exact) mass is 775 g/mol. The lowest BCUT2D eigenvalue weighted by molar-refractivity contribution is -0.143. The Bertz CT molecular complexity index is 1790. The number of aliphatic hydroxyl groups excluding tert-OH is 1. The number of hydrogen-bond donors (Lipinski definition) is 6. The maximum atomic E-state index is 14.5. The van der Waals surface area contributed by atoms with Crippen LogP contribution in [0.3, 0.4) is 0 Å². The highest BCUT2D eigenvalue weighted by Gasteiger charge is 2.45. The van der Waals surface area contributed by atoms with Crippen LogP contribution >= 0.6 is 0 Å². The highest BCUT2D eigenvalue weighted by molar-refractivity contribution is 5.96. The molecule has 0 unspecified atom stereocenters. The van der Waals surface area contributed by atoms with E-state index in [0.717, 1.165) is 11.1 Å². The first-order valence-corrected chi connectivity index (χ1v) is 19.0. The normalized spacial score (nSPS) is 21.1. The van der Waals surface area contributed by atoms with E-state index < -0.39 is 59.9 Å². The first-order valence-electron chi connectivity index (χ1n) is 19.0. The average molecular weight is 776 g/mol. The summed E-state index contributed by atoms with van der Waals surface area (Å²) in [5.41, 5.74) is 2.03. The Morgan fingerprint density at radius 2 is 1.77 bits per heavy atom. The van der Waals surface area contributed by atoms with Crippen molar-refractivity contribution in [1.82, 2.24) is 46.5 Å². The first-order chi connectivity index (χ1) is 27.0. The molecule has 56 heavy (non-hydrogen) atoms. The molecule has 5 amide bonds. The number of aliphatic hydroxyl groups is 1. The summed E-state index contributed by atoms with van der Waals surface area (Å²) in [7, 11) is 1.65. The molecule has 1 aromatic heterocycles. The number of fused-ring (bicyclic) bond motifs is 9. The van der Waals surface area contributed by atoms with E-state index in [0.29, 0.717) is 11.4 Å². The van der Waals surface area contributed by atoms with Crippen LogP contribution in [0.15, 0.2) is 60.8 Å². The van der Waals surface area contributed by atoms with Crippen LogP contribution in [0.4, 0.5) is 0 Å². The number of nitrogens with zero attached hydrogens (tertiary/aromatic N) is 4. The molecule has 0 saturated carbocycles. The molecular weight excluding hydrogens is 722 g/mol. The summed E-state index contributed by atoms with van der Waals surface area (Å²) in [6, 6.07) is 11.1. The third kappa shape index (κ3) is 11.1. The zero-order valence-corrected chi connectivity index (χ0v) is 32.3. The highest BCUT2D eigenvalue weighted by Crippen LogP contribution is 2.29. The number of ether oxygens (including phenoxy) is 2. The lowest BCUT2D eigenvalue weighted by Gasteiger charge is -2.32. The molecule has 6 bridgehead atoms. The van der Waals surface area contributed by atoms with Crippen LogP contribution in [-0.2, 0) is 48.2 Å². The summed E-state index contributed by atoms with van der Waals surface area (Å²) in [5.74, 6) is -2.22. The van der Waals surface area contributed by atoms with Gasteiger partial charge in [0, 0.05) is 32.4 Å². The van der Waals surface area contributed by atoms with Gasteiger partial charge in [0.1, 0.15) is 42.2 Å². The molecule has 3 aliphatic rings. The minimum Gasteiger partial charge on any atom is -0.487 e. The maximum Gasteiger partial charge on any atom is 0.246 e. The van der Waals surface area contributed by atoms with Crippen LogP contribution in [0.2, 0.25) is 0 Å². The number of hydrogen-bond acceptors (Lipinski definition) is 11. The Kier molecular flexibility index (Phi) is 14.9. The minimum absolute atomic E-state index is 0.0858. The molecule has 6 atom stereocenters. The summed E-state index contributed by atoms with van der Waals surface area (Å²) in [4.78, 5) is 71.1. The molecule has 302 valence electrons. The number of aromatic nitrogens is 3. The van der Waals surface area contributed by atoms with Crippen LogP contribution in [0, 0.1) is 5.92 Å². The van der Waals surface area contributed by atoms with E-state index in [1.54, 1.807) is 49.1 Å². The second-order valence-electron chi connectivity index (χ2n) is 14.4. The Labute approximate surface area is 326 Å². The fourth-order valence-corrected chi connectivity index (χ4v) is 6.62.